The van der Waals surface area contributed by atoms with Gasteiger partial charge in [-0.25, -0.2) is 0 Å². The molecule has 0 amide bonds. The maximum Gasteiger partial charge on any atom is 0.0654 e. The van der Waals surface area contributed by atoms with Gasteiger partial charge >= 0.3 is 0 Å². The lowest BCUT2D eigenvalue weighted by Crippen LogP contribution is -2.51. The summed E-state index contributed by atoms with van der Waals surface area (Å²) in [5, 5.41) is 0. The van der Waals surface area contributed by atoms with Crippen molar-refractivity contribution in [1.29, 1.82) is 0 Å². The predicted octanol–water partition coefficient (Wildman–Crippen LogP) is 2.60. The summed E-state index contributed by atoms with van der Waals surface area (Å²) in [6.45, 7) is 11.6. The minimum atomic E-state index is 0.353. The normalized spacial score (nSPS) is 32.3. The van der Waals surface area contributed by atoms with Crippen molar-refractivity contribution in [3.63, 3.8) is 0 Å². The molecule has 1 unspecified atom stereocenters. The molecular weight excluding hydrogens is 186 g/mol. The van der Waals surface area contributed by atoms with Crippen molar-refractivity contribution < 1.29 is 4.74 Å². The molecule has 0 saturated carbocycles. The van der Waals surface area contributed by atoms with Crippen LogP contribution in [0.2, 0.25) is 0 Å². The molecular formula is C13H23NO. The van der Waals surface area contributed by atoms with Crippen LogP contribution in [-0.2, 0) is 4.74 Å². The van der Waals surface area contributed by atoms with E-state index in [4.69, 9.17) is 4.74 Å². The monoisotopic (exact) mass is 209 g/mol. The van der Waals surface area contributed by atoms with Crippen molar-refractivity contribution in [1.82, 2.24) is 4.90 Å². The first-order chi connectivity index (χ1) is 7.12. The van der Waals surface area contributed by atoms with Crippen LogP contribution in [0.25, 0.3) is 0 Å². The van der Waals surface area contributed by atoms with E-state index < -0.39 is 0 Å². The minimum Gasteiger partial charge on any atom is -0.377 e. The summed E-state index contributed by atoms with van der Waals surface area (Å²) in [7, 11) is 0. The Kier molecular flexibility index (Phi) is 3.17. The van der Waals surface area contributed by atoms with Crippen molar-refractivity contribution >= 4 is 0 Å². The lowest BCUT2D eigenvalue weighted by molar-refractivity contribution is -0.0215. The van der Waals surface area contributed by atoms with Crippen LogP contribution in [0, 0.1) is 0 Å². The maximum atomic E-state index is 5.85. The van der Waals surface area contributed by atoms with Crippen LogP contribution in [0.1, 0.15) is 39.5 Å². The quantitative estimate of drug-likeness (QED) is 0.662. The minimum absolute atomic E-state index is 0.353. The molecule has 2 nitrogen and oxygen atoms in total. The van der Waals surface area contributed by atoms with Gasteiger partial charge in [-0.1, -0.05) is 12.2 Å². The summed E-state index contributed by atoms with van der Waals surface area (Å²) in [5.74, 6) is 0. The molecule has 15 heavy (non-hydrogen) atoms. The number of nitrogens with zero attached hydrogens (tertiary/aromatic N) is 1. The molecule has 2 rings (SSSR count). The number of fused-ring (bicyclic) bond motifs is 1. The van der Waals surface area contributed by atoms with E-state index in [2.05, 4.69) is 25.3 Å². The van der Waals surface area contributed by atoms with E-state index >= 15 is 0 Å². The van der Waals surface area contributed by atoms with Gasteiger partial charge in [0, 0.05) is 12.1 Å². The third-order valence-electron chi connectivity index (χ3n) is 3.78. The highest BCUT2D eigenvalue weighted by atomic mass is 16.5. The van der Waals surface area contributed by atoms with Gasteiger partial charge < -0.3 is 4.74 Å². The van der Waals surface area contributed by atoms with E-state index in [9.17, 15) is 0 Å². The molecule has 0 spiro atoms. The van der Waals surface area contributed by atoms with Crippen molar-refractivity contribution in [2.24, 2.45) is 0 Å². The van der Waals surface area contributed by atoms with Crippen molar-refractivity contribution in [3.05, 3.63) is 12.2 Å². The molecule has 2 aliphatic heterocycles. The predicted molar refractivity (Wildman–Crippen MR) is 63.0 cm³/mol. The highest BCUT2D eigenvalue weighted by Gasteiger charge is 2.43. The second kappa shape index (κ2) is 4.26. The Labute approximate surface area is 93.3 Å². The average Bonchev–Trinajstić information content (AvgIpc) is 2.58. The van der Waals surface area contributed by atoms with Crippen LogP contribution in [-0.4, -0.2) is 36.2 Å². The second-order valence-electron chi connectivity index (χ2n) is 5.36. The van der Waals surface area contributed by atoms with E-state index in [1.165, 1.54) is 37.8 Å². The van der Waals surface area contributed by atoms with Gasteiger partial charge in [0.05, 0.1) is 12.7 Å². The zero-order valence-corrected chi connectivity index (χ0v) is 10.1. The van der Waals surface area contributed by atoms with E-state index in [-0.39, 0.29) is 0 Å². The first-order valence-electron chi connectivity index (χ1n) is 6.16. The van der Waals surface area contributed by atoms with Crippen LogP contribution in [0.4, 0.5) is 0 Å². The van der Waals surface area contributed by atoms with E-state index in [0.29, 0.717) is 11.6 Å². The summed E-state index contributed by atoms with van der Waals surface area (Å²) < 4.78 is 5.85. The Morgan fingerprint density at radius 2 is 2.27 bits per heavy atom. The molecule has 2 heterocycles. The molecule has 0 aliphatic carbocycles. The van der Waals surface area contributed by atoms with Gasteiger partial charge in [-0.05, 0) is 46.1 Å². The Morgan fingerprint density at radius 1 is 1.47 bits per heavy atom. The van der Waals surface area contributed by atoms with Crippen molar-refractivity contribution in [2.75, 3.05) is 19.7 Å². The van der Waals surface area contributed by atoms with E-state index in [1.807, 2.05) is 0 Å². The standard InChI is InChI=1S/C13H23NO/c1-11(2)15-10-13-6-4-8-14(13)9-12(3)5-7-13/h11H,3-10H2,1-2H3. The first-order valence-corrected chi connectivity index (χ1v) is 6.16. The molecule has 2 aliphatic rings. The zero-order valence-electron chi connectivity index (χ0n) is 10.1. The molecule has 86 valence electrons. The average molecular weight is 209 g/mol. The van der Waals surface area contributed by atoms with Crippen LogP contribution in [0.15, 0.2) is 12.2 Å². The zero-order chi connectivity index (χ0) is 10.9. The first kappa shape index (κ1) is 11.2. The number of hydrogen-bond donors (Lipinski definition) is 0. The summed E-state index contributed by atoms with van der Waals surface area (Å²) >= 11 is 0. The molecule has 0 bridgehead atoms. The fraction of sp³-hybridized carbons (Fsp3) is 0.846. The third kappa shape index (κ3) is 2.26. The van der Waals surface area contributed by atoms with Gasteiger partial charge in [0.2, 0.25) is 0 Å². The fourth-order valence-electron chi connectivity index (χ4n) is 2.84. The van der Waals surface area contributed by atoms with Gasteiger partial charge in [0.1, 0.15) is 0 Å². The van der Waals surface area contributed by atoms with Crippen molar-refractivity contribution in [2.45, 2.75) is 51.2 Å². The highest BCUT2D eigenvalue weighted by Crippen LogP contribution is 2.39. The fourth-order valence-corrected chi connectivity index (χ4v) is 2.84. The van der Waals surface area contributed by atoms with Gasteiger partial charge in [0.25, 0.3) is 0 Å². The Balaban J connectivity index is 2.00. The smallest absolute Gasteiger partial charge is 0.0654 e. The Bertz CT molecular complexity index is 249. The summed E-state index contributed by atoms with van der Waals surface area (Å²) in [6, 6.07) is 0. The molecule has 0 radical (unpaired) electrons. The SMILES string of the molecule is C=C1CCC2(COC(C)C)CCCN2C1. The summed E-state index contributed by atoms with van der Waals surface area (Å²) in [6.07, 6.45) is 5.44. The lowest BCUT2D eigenvalue weighted by atomic mass is 9.85. The maximum absolute atomic E-state index is 5.85. The number of rotatable bonds is 3. The van der Waals surface area contributed by atoms with E-state index in [0.717, 1.165) is 13.2 Å². The van der Waals surface area contributed by atoms with Gasteiger partial charge in [0.15, 0.2) is 0 Å². The van der Waals surface area contributed by atoms with Gasteiger partial charge in [-0.15, -0.1) is 0 Å². The topological polar surface area (TPSA) is 12.5 Å². The molecule has 2 heteroatoms. The molecule has 0 aromatic rings. The summed E-state index contributed by atoms with van der Waals surface area (Å²) in [4.78, 5) is 2.60. The summed E-state index contributed by atoms with van der Waals surface area (Å²) in [5.41, 5.74) is 1.75. The molecule has 2 saturated heterocycles. The molecule has 0 aromatic carbocycles. The van der Waals surface area contributed by atoms with Gasteiger partial charge in [-0.2, -0.15) is 0 Å². The lowest BCUT2D eigenvalue weighted by Gasteiger charge is -2.43. The Hall–Kier alpha value is -0.340. The van der Waals surface area contributed by atoms with Crippen LogP contribution in [0.3, 0.4) is 0 Å². The molecule has 1 atom stereocenters. The number of ether oxygens (including phenoxy) is 1. The number of hydrogen-bond acceptors (Lipinski definition) is 2. The van der Waals surface area contributed by atoms with Crippen LogP contribution < -0.4 is 0 Å². The molecule has 0 N–H and O–H groups in total. The number of piperidine rings is 1. The Morgan fingerprint density at radius 3 is 3.00 bits per heavy atom. The highest BCUT2D eigenvalue weighted by molar-refractivity contribution is 5.11. The van der Waals surface area contributed by atoms with Gasteiger partial charge in [-0.3, -0.25) is 4.90 Å². The largest absolute Gasteiger partial charge is 0.377 e. The molecule has 2 fully saturated rings. The van der Waals surface area contributed by atoms with E-state index in [1.54, 1.807) is 0 Å². The van der Waals surface area contributed by atoms with Crippen LogP contribution in [0.5, 0.6) is 0 Å². The van der Waals surface area contributed by atoms with Crippen LogP contribution >= 0.6 is 0 Å². The third-order valence-corrected chi connectivity index (χ3v) is 3.78. The molecule has 0 aromatic heterocycles. The second-order valence-corrected chi connectivity index (χ2v) is 5.36. The van der Waals surface area contributed by atoms with Crippen molar-refractivity contribution in [3.8, 4) is 0 Å².